The Kier molecular flexibility index (Phi) is 5.26. The number of benzene rings is 1. The van der Waals surface area contributed by atoms with Gasteiger partial charge in [0.2, 0.25) is 0 Å². The van der Waals surface area contributed by atoms with Crippen molar-refractivity contribution in [3.05, 3.63) is 59.7 Å². The second kappa shape index (κ2) is 7.38. The predicted octanol–water partition coefficient (Wildman–Crippen LogP) is 2.73. The molecule has 0 spiro atoms. The van der Waals surface area contributed by atoms with Crippen LogP contribution in [0.4, 0.5) is 4.39 Å². The first-order chi connectivity index (χ1) is 10.2. The van der Waals surface area contributed by atoms with Crippen LogP contribution in [-0.4, -0.2) is 24.0 Å². The first-order valence-corrected chi connectivity index (χ1v) is 6.75. The van der Waals surface area contributed by atoms with E-state index in [2.05, 4.69) is 10.3 Å². The highest BCUT2D eigenvalue weighted by Crippen LogP contribution is 2.15. The summed E-state index contributed by atoms with van der Waals surface area (Å²) >= 11 is 0. The number of nitrogens with zero attached hydrogens (tertiary/aromatic N) is 1. The van der Waals surface area contributed by atoms with E-state index in [0.717, 1.165) is 5.69 Å². The Hall–Kier alpha value is -2.43. The Balaban J connectivity index is 1.69. The summed E-state index contributed by atoms with van der Waals surface area (Å²) in [5.74, 6) is -0.327. The molecular formula is C16H17FN2O2. The van der Waals surface area contributed by atoms with Crippen molar-refractivity contribution in [3.63, 3.8) is 0 Å². The van der Waals surface area contributed by atoms with Gasteiger partial charge in [-0.15, -0.1) is 0 Å². The van der Waals surface area contributed by atoms with E-state index < -0.39 is 0 Å². The SMILES string of the molecule is Cc1ccc(C(=O)NCCCOc2ccccc2F)cn1. The topological polar surface area (TPSA) is 51.2 Å². The molecular weight excluding hydrogens is 271 g/mol. The smallest absolute Gasteiger partial charge is 0.252 e. The number of amides is 1. The Morgan fingerprint density at radius 2 is 2.10 bits per heavy atom. The van der Waals surface area contributed by atoms with Crippen LogP contribution >= 0.6 is 0 Å². The molecule has 0 unspecified atom stereocenters. The van der Waals surface area contributed by atoms with Crippen LogP contribution in [0.1, 0.15) is 22.5 Å². The number of rotatable bonds is 6. The van der Waals surface area contributed by atoms with Gasteiger partial charge in [-0.1, -0.05) is 12.1 Å². The van der Waals surface area contributed by atoms with Crippen molar-refractivity contribution in [1.29, 1.82) is 0 Å². The van der Waals surface area contributed by atoms with Crippen LogP contribution < -0.4 is 10.1 Å². The van der Waals surface area contributed by atoms with Crippen molar-refractivity contribution in [2.45, 2.75) is 13.3 Å². The maximum Gasteiger partial charge on any atom is 0.252 e. The monoisotopic (exact) mass is 288 g/mol. The number of hydrogen-bond acceptors (Lipinski definition) is 3. The van der Waals surface area contributed by atoms with E-state index in [1.54, 1.807) is 36.5 Å². The van der Waals surface area contributed by atoms with Gasteiger partial charge in [-0.25, -0.2) is 4.39 Å². The fourth-order valence-electron chi connectivity index (χ4n) is 1.72. The lowest BCUT2D eigenvalue weighted by Gasteiger charge is -2.08. The van der Waals surface area contributed by atoms with Gasteiger partial charge in [0.25, 0.3) is 5.91 Å². The van der Waals surface area contributed by atoms with E-state index in [-0.39, 0.29) is 17.5 Å². The largest absolute Gasteiger partial charge is 0.490 e. The first kappa shape index (κ1) is 15.0. The van der Waals surface area contributed by atoms with Gasteiger partial charge in [-0.3, -0.25) is 9.78 Å². The lowest BCUT2D eigenvalue weighted by Crippen LogP contribution is -2.25. The minimum atomic E-state index is -0.382. The first-order valence-electron chi connectivity index (χ1n) is 6.75. The zero-order valence-corrected chi connectivity index (χ0v) is 11.8. The van der Waals surface area contributed by atoms with E-state index in [9.17, 15) is 9.18 Å². The average Bonchev–Trinajstić information content (AvgIpc) is 2.49. The molecule has 2 aromatic rings. The van der Waals surface area contributed by atoms with Gasteiger partial charge < -0.3 is 10.1 Å². The maximum absolute atomic E-state index is 13.3. The third-order valence-electron chi connectivity index (χ3n) is 2.87. The standard InChI is InChI=1S/C16H17FN2O2/c1-12-7-8-13(11-19-12)16(20)18-9-4-10-21-15-6-3-2-5-14(15)17/h2-3,5-8,11H,4,9-10H2,1H3,(H,18,20). The molecule has 5 heteroatoms. The Bertz CT molecular complexity index is 599. The maximum atomic E-state index is 13.3. The lowest BCUT2D eigenvalue weighted by molar-refractivity contribution is 0.0951. The summed E-state index contributed by atoms with van der Waals surface area (Å²) in [4.78, 5) is 15.9. The average molecular weight is 288 g/mol. The number of carbonyl (C=O) groups excluding carboxylic acids is 1. The molecule has 0 aliphatic rings. The molecule has 1 N–H and O–H groups in total. The zero-order valence-electron chi connectivity index (χ0n) is 11.8. The van der Waals surface area contributed by atoms with Gasteiger partial charge in [-0.05, 0) is 37.6 Å². The van der Waals surface area contributed by atoms with E-state index in [0.29, 0.717) is 25.1 Å². The molecule has 0 saturated heterocycles. The summed E-state index contributed by atoms with van der Waals surface area (Å²) in [7, 11) is 0. The minimum absolute atomic E-state index is 0.173. The third-order valence-corrected chi connectivity index (χ3v) is 2.87. The number of ether oxygens (including phenoxy) is 1. The minimum Gasteiger partial charge on any atom is -0.490 e. The summed E-state index contributed by atoms with van der Waals surface area (Å²) in [6, 6.07) is 9.76. The number of carbonyl (C=O) groups is 1. The summed E-state index contributed by atoms with van der Waals surface area (Å²) in [5, 5.41) is 2.77. The fraction of sp³-hybridized carbons (Fsp3) is 0.250. The van der Waals surface area contributed by atoms with Crippen LogP contribution in [0.15, 0.2) is 42.6 Å². The molecule has 21 heavy (non-hydrogen) atoms. The van der Waals surface area contributed by atoms with E-state index in [4.69, 9.17) is 4.74 Å². The van der Waals surface area contributed by atoms with Crippen LogP contribution in [-0.2, 0) is 0 Å². The molecule has 0 saturated carbocycles. The molecule has 1 heterocycles. The summed E-state index contributed by atoms with van der Waals surface area (Å²) < 4.78 is 18.6. The molecule has 2 rings (SSSR count). The highest BCUT2D eigenvalue weighted by atomic mass is 19.1. The molecule has 1 aromatic carbocycles. The Morgan fingerprint density at radius 1 is 1.29 bits per heavy atom. The van der Waals surface area contributed by atoms with Crippen molar-refractivity contribution in [2.24, 2.45) is 0 Å². The quantitative estimate of drug-likeness (QED) is 0.832. The number of pyridine rings is 1. The highest BCUT2D eigenvalue weighted by molar-refractivity contribution is 5.93. The van der Waals surface area contributed by atoms with E-state index in [1.807, 2.05) is 6.92 Å². The van der Waals surface area contributed by atoms with Gasteiger partial charge in [0.15, 0.2) is 11.6 Å². The van der Waals surface area contributed by atoms with Crippen LogP contribution in [0.3, 0.4) is 0 Å². The number of aromatic nitrogens is 1. The van der Waals surface area contributed by atoms with Gasteiger partial charge in [0.1, 0.15) is 0 Å². The summed E-state index contributed by atoms with van der Waals surface area (Å²) in [6.07, 6.45) is 2.14. The third kappa shape index (κ3) is 4.56. The Labute approximate surface area is 123 Å². The van der Waals surface area contributed by atoms with Crippen molar-refractivity contribution in [2.75, 3.05) is 13.2 Å². The summed E-state index contributed by atoms with van der Waals surface area (Å²) in [5.41, 5.74) is 1.39. The number of para-hydroxylation sites is 1. The second-order valence-corrected chi connectivity index (χ2v) is 4.58. The number of halogens is 1. The van der Waals surface area contributed by atoms with Crippen molar-refractivity contribution in [1.82, 2.24) is 10.3 Å². The lowest BCUT2D eigenvalue weighted by atomic mass is 10.2. The van der Waals surface area contributed by atoms with E-state index >= 15 is 0 Å². The molecule has 110 valence electrons. The van der Waals surface area contributed by atoms with Crippen LogP contribution in [0.2, 0.25) is 0 Å². The molecule has 0 aliphatic heterocycles. The number of aryl methyl sites for hydroxylation is 1. The molecule has 0 aliphatic carbocycles. The molecule has 4 nitrogen and oxygen atoms in total. The van der Waals surface area contributed by atoms with Crippen molar-refractivity contribution >= 4 is 5.91 Å². The molecule has 0 radical (unpaired) electrons. The normalized spacial score (nSPS) is 10.2. The second-order valence-electron chi connectivity index (χ2n) is 4.58. The Morgan fingerprint density at radius 3 is 2.81 bits per heavy atom. The van der Waals surface area contributed by atoms with Crippen LogP contribution in [0.5, 0.6) is 5.75 Å². The molecule has 0 fully saturated rings. The van der Waals surface area contributed by atoms with Gasteiger partial charge in [-0.2, -0.15) is 0 Å². The highest BCUT2D eigenvalue weighted by Gasteiger charge is 2.05. The van der Waals surface area contributed by atoms with E-state index in [1.165, 1.54) is 6.07 Å². The summed E-state index contributed by atoms with van der Waals surface area (Å²) in [6.45, 7) is 2.66. The predicted molar refractivity (Wildman–Crippen MR) is 77.8 cm³/mol. The fourth-order valence-corrected chi connectivity index (χ4v) is 1.72. The van der Waals surface area contributed by atoms with Gasteiger partial charge in [0, 0.05) is 18.4 Å². The number of nitrogens with one attached hydrogen (secondary N) is 1. The van der Waals surface area contributed by atoms with Crippen molar-refractivity contribution in [3.8, 4) is 5.75 Å². The molecule has 0 bridgehead atoms. The molecule has 1 aromatic heterocycles. The van der Waals surface area contributed by atoms with Crippen molar-refractivity contribution < 1.29 is 13.9 Å². The van der Waals surface area contributed by atoms with Crippen LogP contribution in [0, 0.1) is 12.7 Å². The molecule has 0 atom stereocenters. The van der Waals surface area contributed by atoms with Crippen LogP contribution in [0.25, 0.3) is 0 Å². The molecule has 1 amide bonds. The van der Waals surface area contributed by atoms with Gasteiger partial charge >= 0.3 is 0 Å². The number of hydrogen-bond donors (Lipinski definition) is 1. The zero-order chi connectivity index (χ0) is 15.1. The van der Waals surface area contributed by atoms with Gasteiger partial charge in [0.05, 0.1) is 12.2 Å².